The van der Waals surface area contributed by atoms with Crippen molar-refractivity contribution in [2.24, 2.45) is 0 Å². The van der Waals surface area contributed by atoms with Gasteiger partial charge in [-0.1, -0.05) is 35.9 Å². The van der Waals surface area contributed by atoms with Gasteiger partial charge in [0.15, 0.2) is 0 Å². The molecule has 0 saturated heterocycles. The summed E-state index contributed by atoms with van der Waals surface area (Å²) in [5, 5.41) is 2.60. The molecule has 132 valence electrons. The van der Waals surface area contributed by atoms with E-state index < -0.39 is 12.1 Å². The van der Waals surface area contributed by atoms with Crippen LogP contribution in [-0.4, -0.2) is 28.6 Å². The van der Waals surface area contributed by atoms with Crippen LogP contribution in [0.4, 0.5) is 0 Å². The summed E-state index contributed by atoms with van der Waals surface area (Å²) < 4.78 is 7.16. The van der Waals surface area contributed by atoms with Crippen LogP contribution < -0.4 is 4.74 Å². The largest absolute Gasteiger partial charge is 0.426 e. The van der Waals surface area contributed by atoms with Crippen LogP contribution in [0.3, 0.4) is 0 Å². The highest BCUT2D eigenvalue weighted by Crippen LogP contribution is 2.35. The molecule has 1 atom stereocenters. The quantitative estimate of drug-likeness (QED) is 0.517. The molecule has 2 aromatic carbocycles. The topological polar surface area (TPSA) is 60.8 Å². The zero-order chi connectivity index (χ0) is 18.3. The van der Waals surface area contributed by atoms with Gasteiger partial charge in [-0.15, -0.1) is 0 Å². The van der Waals surface area contributed by atoms with Gasteiger partial charge in [0.1, 0.15) is 17.6 Å². The minimum atomic E-state index is -0.617. The zero-order valence-electron chi connectivity index (χ0n) is 13.9. The van der Waals surface area contributed by atoms with Crippen LogP contribution >= 0.6 is 11.6 Å². The highest BCUT2D eigenvalue weighted by atomic mass is 35.5. The molecule has 0 fully saturated rings. The predicted molar refractivity (Wildman–Crippen MR) is 95.9 cm³/mol. The second kappa shape index (κ2) is 6.48. The van der Waals surface area contributed by atoms with Crippen molar-refractivity contribution in [2.75, 3.05) is 7.11 Å². The fraction of sp³-hybridized carbons (Fsp3) is 0.158. The first-order valence-electron chi connectivity index (χ1n) is 8.02. The van der Waals surface area contributed by atoms with Crippen LogP contribution in [0, 0.1) is 0 Å². The maximum atomic E-state index is 12.6. The lowest BCUT2D eigenvalue weighted by molar-refractivity contribution is -0.151. The monoisotopic (exact) mass is 370 g/mol. The van der Waals surface area contributed by atoms with E-state index in [-0.39, 0.29) is 12.3 Å². The molecule has 0 radical (unpaired) electrons. The van der Waals surface area contributed by atoms with Crippen LogP contribution in [0.25, 0.3) is 10.9 Å². The van der Waals surface area contributed by atoms with E-state index in [1.165, 1.54) is 12.2 Å². The third-order valence-electron chi connectivity index (χ3n) is 4.31. The number of fused-ring (bicyclic) bond motifs is 3. The average Bonchev–Trinajstić information content (AvgIpc) is 3.11. The third-order valence-corrected chi connectivity index (χ3v) is 4.54. The Balaban J connectivity index is 1.65. The van der Waals surface area contributed by atoms with Crippen LogP contribution in [0.2, 0.25) is 5.02 Å². The Hall–Kier alpha value is -2.83. The normalized spacial score (nSPS) is 16.2. The van der Waals surface area contributed by atoms with E-state index in [9.17, 15) is 9.59 Å². The maximum absolute atomic E-state index is 12.6. The number of amides is 1. The molecule has 0 aliphatic carbocycles. The summed E-state index contributed by atoms with van der Waals surface area (Å²) in [5.41, 5.74) is 1.34. The summed E-state index contributed by atoms with van der Waals surface area (Å²) in [4.78, 5) is 30.3. The molecule has 1 unspecified atom stereocenters. The summed E-state index contributed by atoms with van der Waals surface area (Å²) in [6, 6.07) is 16.0. The molecule has 3 aromatic rings. The van der Waals surface area contributed by atoms with Crippen LogP contribution in [0.15, 0.2) is 54.6 Å². The van der Waals surface area contributed by atoms with E-state index >= 15 is 0 Å². The number of carbonyl (C=O) groups excluding carboxylic acids is 2. The molecule has 1 aliphatic heterocycles. The van der Waals surface area contributed by atoms with Gasteiger partial charge in [-0.05, 0) is 30.3 Å². The van der Waals surface area contributed by atoms with Crippen molar-refractivity contribution in [2.45, 2.75) is 12.6 Å². The lowest BCUT2D eigenvalue weighted by Gasteiger charge is -2.23. The first-order valence-corrected chi connectivity index (χ1v) is 8.40. The number of aromatic nitrogens is 1. The lowest BCUT2D eigenvalue weighted by atomic mass is 10.2. The number of nitrogens with zero attached hydrogens (tertiary/aromatic N) is 2. The molecule has 1 aliphatic rings. The van der Waals surface area contributed by atoms with Crippen molar-refractivity contribution in [3.8, 4) is 5.75 Å². The number of rotatable bonds is 4. The molecule has 1 amide bonds. The fourth-order valence-electron chi connectivity index (χ4n) is 3.25. The molecule has 0 bridgehead atoms. The minimum absolute atomic E-state index is 0.0578. The first kappa shape index (κ1) is 16.6. The van der Waals surface area contributed by atoms with Crippen molar-refractivity contribution < 1.29 is 19.2 Å². The minimum Gasteiger partial charge on any atom is -0.426 e. The number of para-hydroxylation sites is 1. The number of ether oxygens (including phenoxy) is 1. The van der Waals surface area contributed by atoms with E-state index in [0.29, 0.717) is 16.5 Å². The fourth-order valence-corrected chi connectivity index (χ4v) is 3.43. The average molecular weight is 371 g/mol. The Morgan fingerprint density at radius 1 is 1.15 bits per heavy atom. The van der Waals surface area contributed by atoms with Gasteiger partial charge in [0.2, 0.25) is 0 Å². The van der Waals surface area contributed by atoms with Crippen molar-refractivity contribution in [1.29, 1.82) is 0 Å². The van der Waals surface area contributed by atoms with Gasteiger partial charge in [-0.2, -0.15) is 5.06 Å². The molecule has 0 N–H and O–H groups in total. The number of hydrogen-bond donors (Lipinski definition) is 0. The Bertz CT molecular complexity index is 1010. The molecular weight excluding hydrogens is 356 g/mol. The smallest absolute Gasteiger partial charge is 0.315 e. The summed E-state index contributed by atoms with van der Waals surface area (Å²) in [7, 11) is 1.40. The molecule has 4 rings (SSSR count). The maximum Gasteiger partial charge on any atom is 0.315 e. The predicted octanol–water partition coefficient (Wildman–Crippen LogP) is 3.81. The molecule has 2 heterocycles. The van der Waals surface area contributed by atoms with Crippen molar-refractivity contribution in [3.05, 3.63) is 65.3 Å². The standard InChI is InChI=1S/C19H15ClN2O4/c1-25-22-17(11-18(23)26-14-7-4-6-13(20)10-14)21-15-8-3-2-5-12(15)9-16(21)19(22)24/h2-10,17H,11H2,1H3. The first-order chi connectivity index (χ1) is 12.6. The summed E-state index contributed by atoms with van der Waals surface area (Å²) in [6.45, 7) is 0. The molecule has 1 aromatic heterocycles. The number of benzene rings is 2. The third kappa shape index (κ3) is 2.73. The van der Waals surface area contributed by atoms with Gasteiger partial charge < -0.3 is 9.30 Å². The zero-order valence-corrected chi connectivity index (χ0v) is 14.6. The van der Waals surface area contributed by atoms with Crippen molar-refractivity contribution in [3.63, 3.8) is 0 Å². The van der Waals surface area contributed by atoms with Gasteiger partial charge in [-0.3, -0.25) is 14.4 Å². The molecule has 0 spiro atoms. The van der Waals surface area contributed by atoms with Crippen LogP contribution in [0.5, 0.6) is 5.75 Å². The van der Waals surface area contributed by atoms with Gasteiger partial charge >= 0.3 is 5.97 Å². The van der Waals surface area contributed by atoms with E-state index in [0.717, 1.165) is 10.9 Å². The molecule has 26 heavy (non-hydrogen) atoms. The summed E-state index contributed by atoms with van der Waals surface area (Å²) in [5.74, 6) is -0.421. The number of carbonyl (C=O) groups is 2. The lowest BCUT2D eigenvalue weighted by Crippen LogP contribution is -2.31. The Labute approximate surface area is 154 Å². The second-order valence-corrected chi connectivity index (χ2v) is 6.32. The second-order valence-electron chi connectivity index (χ2n) is 5.89. The summed E-state index contributed by atoms with van der Waals surface area (Å²) in [6.07, 6.45) is -0.674. The van der Waals surface area contributed by atoms with E-state index in [1.807, 2.05) is 24.3 Å². The van der Waals surface area contributed by atoms with Crippen molar-refractivity contribution >= 4 is 34.4 Å². The number of hydrogen-bond acceptors (Lipinski definition) is 4. The summed E-state index contributed by atoms with van der Waals surface area (Å²) >= 11 is 5.91. The molecule has 0 saturated carbocycles. The number of hydroxylamine groups is 2. The Morgan fingerprint density at radius 2 is 1.96 bits per heavy atom. The SMILES string of the molecule is CON1C(=O)c2cc3ccccc3n2C1CC(=O)Oc1cccc(Cl)c1. The number of esters is 1. The highest BCUT2D eigenvalue weighted by molar-refractivity contribution is 6.30. The van der Waals surface area contributed by atoms with Gasteiger partial charge in [0, 0.05) is 10.4 Å². The molecular formula is C19H15ClN2O4. The number of halogens is 1. The van der Waals surface area contributed by atoms with Gasteiger partial charge in [0.05, 0.1) is 19.0 Å². The highest BCUT2D eigenvalue weighted by Gasteiger charge is 2.40. The van der Waals surface area contributed by atoms with Gasteiger partial charge in [-0.25, -0.2) is 0 Å². The molecule has 7 heteroatoms. The Kier molecular flexibility index (Phi) is 4.14. The van der Waals surface area contributed by atoms with E-state index in [2.05, 4.69) is 0 Å². The van der Waals surface area contributed by atoms with Crippen LogP contribution in [-0.2, 0) is 9.63 Å². The molecule has 6 nitrogen and oxygen atoms in total. The van der Waals surface area contributed by atoms with Crippen LogP contribution in [0.1, 0.15) is 23.1 Å². The Morgan fingerprint density at radius 3 is 2.73 bits per heavy atom. The van der Waals surface area contributed by atoms with E-state index in [1.54, 1.807) is 34.9 Å². The van der Waals surface area contributed by atoms with E-state index in [4.69, 9.17) is 21.2 Å². The van der Waals surface area contributed by atoms with Crippen molar-refractivity contribution in [1.82, 2.24) is 9.63 Å². The van der Waals surface area contributed by atoms with Gasteiger partial charge in [0.25, 0.3) is 5.91 Å².